The topological polar surface area (TPSA) is 43.1 Å². The van der Waals surface area contributed by atoms with Crippen LogP contribution >= 0.6 is 15.9 Å². The molecule has 0 spiro atoms. The van der Waals surface area contributed by atoms with Crippen LogP contribution in [0.5, 0.6) is 0 Å². The first kappa shape index (κ1) is 13.8. The number of halogens is 1. The van der Waals surface area contributed by atoms with Crippen LogP contribution in [-0.4, -0.2) is 5.78 Å². The molecule has 0 aliphatic rings. The second-order valence-electron chi connectivity index (χ2n) is 4.49. The van der Waals surface area contributed by atoms with Crippen LogP contribution in [-0.2, 0) is 6.42 Å². The minimum atomic E-state index is 0.112. The minimum Gasteiger partial charge on any atom is -0.398 e. The Balaban J connectivity index is 1.91. The number of nitrogens with two attached hydrogens (primary N) is 1. The summed E-state index contributed by atoms with van der Waals surface area (Å²) in [5.74, 6) is 0.112. The maximum Gasteiger partial charge on any atom is 0.164 e. The van der Waals surface area contributed by atoms with Gasteiger partial charge in [-0.1, -0.05) is 46.3 Å². The van der Waals surface area contributed by atoms with Gasteiger partial charge in [0.15, 0.2) is 5.78 Å². The molecular formula is C16H16BrNO. The van der Waals surface area contributed by atoms with Crippen molar-refractivity contribution < 1.29 is 4.79 Å². The fourth-order valence-electron chi connectivity index (χ4n) is 2.02. The van der Waals surface area contributed by atoms with E-state index in [2.05, 4.69) is 28.1 Å². The van der Waals surface area contributed by atoms with E-state index < -0.39 is 0 Å². The number of Topliss-reactive ketones (excluding diaryl/α,β-unsaturated/α-hetero) is 1. The van der Waals surface area contributed by atoms with Crippen molar-refractivity contribution in [3.63, 3.8) is 0 Å². The van der Waals surface area contributed by atoms with Gasteiger partial charge in [-0.2, -0.15) is 0 Å². The Labute approximate surface area is 121 Å². The third kappa shape index (κ3) is 3.93. The number of ketones is 1. The normalized spacial score (nSPS) is 10.4. The molecule has 0 heterocycles. The van der Waals surface area contributed by atoms with Gasteiger partial charge < -0.3 is 5.73 Å². The molecule has 0 saturated carbocycles. The first-order valence-corrected chi connectivity index (χ1v) is 7.08. The van der Waals surface area contributed by atoms with E-state index in [-0.39, 0.29) is 5.78 Å². The van der Waals surface area contributed by atoms with Crippen LogP contribution in [0.1, 0.15) is 28.8 Å². The minimum absolute atomic E-state index is 0.112. The largest absolute Gasteiger partial charge is 0.398 e. The molecule has 0 aliphatic carbocycles. The summed E-state index contributed by atoms with van der Waals surface area (Å²) in [6.07, 6.45) is 2.29. The number of anilines is 1. The molecule has 0 radical (unpaired) electrons. The Morgan fingerprint density at radius 1 is 1.11 bits per heavy atom. The van der Waals surface area contributed by atoms with E-state index in [4.69, 9.17) is 5.73 Å². The molecule has 2 aromatic rings. The molecule has 19 heavy (non-hydrogen) atoms. The number of hydrogen-bond acceptors (Lipinski definition) is 2. The molecule has 2 rings (SSSR count). The summed E-state index contributed by atoms with van der Waals surface area (Å²) in [7, 11) is 0. The first-order valence-electron chi connectivity index (χ1n) is 6.29. The lowest BCUT2D eigenvalue weighted by molar-refractivity contribution is 0.0981. The number of carbonyl (C=O) groups excluding carboxylic acids is 1. The van der Waals surface area contributed by atoms with E-state index in [1.807, 2.05) is 24.3 Å². The number of nitrogen functional groups attached to an aromatic ring is 1. The van der Waals surface area contributed by atoms with Crippen LogP contribution in [0.4, 0.5) is 5.69 Å². The summed E-state index contributed by atoms with van der Waals surface area (Å²) in [5, 5.41) is 0. The molecule has 0 bridgehead atoms. The van der Waals surface area contributed by atoms with E-state index in [0.29, 0.717) is 17.7 Å². The van der Waals surface area contributed by atoms with Crippen molar-refractivity contribution >= 4 is 27.4 Å². The van der Waals surface area contributed by atoms with Crippen LogP contribution < -0.4 is 5.73 Å². The number of rotatable bonds is 5. The van der Waals surface area contributed by atoms with Crippen molar-refractivity contribution in [2.45, 2.75) is 19.3 Å². The number of benzene rings is 2. The summed E-state index contributed by atoms with van der Waals surface area (Å²) < 4.78 is 0.894. The molecule has 98 valence electrons. The van der Waals surface area contributed by atoms with Crippen LogP contribution in [0.25, 0.3) is 0 Å². The van der Waals surface area contributed by atoms with E-state index in [9.17, 15) is 4.79 Å². The summed E-state index contributed by atoms with van der Waals surface area (Å²) in [6, 6.07) is 15.6. The molecule has 0 aliphatic heterocycles. The third-order valence-corrected chi connectivity index (χ3v) is 3.52. The Morgan fingerprint density at radius 3 is 2.53 bits per heavy atom. The van der Waals surface area contributed by atoms with E-state index >= 15 is 0 Å². The average molecular weight is 318 g/mol. The molecular weight excluding hydrogens is 302 g/mol. The van der Waals surface area contributed by atoms with E-state index in [0.717, 1.165) is 17.3 Å². The lowest BCUT2D eigenvalue weighted by atomic mass is 10.0. The molecule has 0 aromatic heterocycles. The lowest BCUT2D eigenvalue weighted by Gasteiger charge is -2.05. The van der Waals surface area contributed by atoms with Gasteiger partial charge in [-0.3, -0.25) is 4.79 Å². The highest BCUT2D eigenvalue weighted by Gasteiger charge is 2.09. The Bertz CT molecular complexity index is 566. The van der Waals surface area contributed by atoms with Crippen LogP contribution in [0.2, 0.25) is 0 Å². The fourth-order valence-corrected chi connectivity index (χ4v) is 2.40. The molecule has 0 amide bonds. The molecule has 0 saturated heterocycles. The molecule has 3 heteroatoms. The van der Waals surface area contributed by atoms with Crippen LogP contribution in [0, 0.1) is 0 Å². The van der Waals surface area contributed by atoms with E-state index in [1.165, 1.54) is 5.56 Å². The van der Waals surface area contributed by atoms with Gasteiger partial charge in [0, 0.05) is 22.1 Å². The quantitative estimate of drug-likeness (QED) is 0.662. The van der Waals surface area contributed by atoms with Gasteiger partial charge in [0.1, 0.15) is 0 Å². The summed E-state index contributed by atoms with van der Waals surface area (Å²) in [5.41, 5.74) is 8.28. The van der Waals surface area contributed by atoms with Gasteiger partial charge in [-0.05, 0) is 36.6 Å². The standard InChI is InChI=1S/C16H16BrNO/c17-13-9-10-14(15(18)11-13)16(19)8-4-7-12-5-2-1-3-6-12/h1-3,5-6,9-11H,4,7-8,18H2. The zero-order valence-corrected chi connectivity index (χ0v) is 12.2. The van der Waals surface area contributed by atoms with E-state index in [1.54, 1.807) is 12.1 Å². The second kappa shape index (κ2) is 6.53. The lowest BCUT2D eigenvalue weighted by Crippen LogP contribution is -2.04. The van der Waals surface area contributed by atoms with Gasteiger partial charge >= 0.3 is 0 Å². The molecule has 0 unspecified atom stereocenters. The Kier molecular flexibility index (Phi) is 4.74. The predicted molar refractivity (Wildman–Crippen MR) is 82.3 cm³/mol. The molecule has 2 aromatic carbocycles. The Morgan fingerprint density at radius 2 is 1.84 bits per heavy atom. The van der Waals surface area contributed by atoms with Gasteiger partial charge in [0.2, 0.25) is 0 Å². The molecule has 2 nitrogen and oxygen atoms in total. The monoisotopic (exact) mass is 317 g/mol. The summed E-state index contributed by atoms with van der Waals surface area (Å²) >= 11 is 3.34. The SMILES string of the molecule is Nc1cc(Br)ccc1C(=O)CCCc1ccccc1. The van der Waals surface area contributed by atoms with Crippen molar-refractivity contribution in [1.29, 1.82) is 0 Å². The predicted octanol–water partition coefficient (Wildman–Crippen LogP) is 4.24. The molecule has 0 fully saturated rings. The van der Waals surface area contributed by atoms with Crippen molar-refractivity contribution in [2.75, 3.05) is 5.73 Å². The van der Waals surface area contributed by atoms with Crippen molar-refractivity contribution in [1.82, 2.24) is 0 Å². The fraction of sp³-hybridized carbons (Fsp3) is 0.188. The summed E-state index contributed by atoms with van der Waals surface area (Å²) in [4.78, 5) is 12.1. The third-order valence-electron chi connectivity index (χ3n) is 3.03. The number of carbonyl (C=O) groups is 1. The van der Waals surface area contributed by atoms with Gasteiger partial charge in [-0.15, -0.1) is 0 Å². The van der Waals surface area contributed by atoms with Crippen LogP contribution in [0.3, 0.4) is 0 Å². The maximum absolute atomic E-state index is 12.1. The summed E-state index contributed by atoms with van der Waals surface area (Å²) in [6.45, 7) is 0. The van der Waals surface area contributed by atoms with Gasteiger partial charge in [-0.25, -0.2) is 0 Å². The van der Waals surface area contributed by atoms with Crippen molar-refractivity contribution in [3.8, 4) is 0 Å². The van der Waals surface area contributed by atoms with Gasteiger partial charge in [0.25, 0.3) is 0 Å². The van der Waals surface area contributed by atoms with Crippen LogP contribution in [0.15, 0.2) is 53.0 Å². The highest BCUT2D eigenvalue weighted by atomic mass is 79.9. The highest BCUT2D eigenvalue weighted by molar-refractivity contribution is 9.10. The number of aryl methyl sites for hydroxylation is 1. The van der Waals surface area contributed by atoms with Gasteiger partial charge in [0.05, 0.1) is 0 Å². The zero-order chi connectivity index (χ0) is 13.7. The van der Waals surface area contributed by atoms with Crippen molar-refractivity contribution in [2.24, 2.45) is 0 Å². The number of hydrogen-bond donors (Lipinski definition) is 1. The first-order chi connectivity index (χ1) is 9.16. The zero-order valence-electron chi connectivity index (χ0n) is 10.6. The smallest absolute Gasteiger partial charge is 0.164 e. The second-order valence-corrected chi connectivity index (χ2v) is 5.41. The van der Waals surface area contributed by atoms with Crippen molar-refractivity contribution in [3.05, 3.63) is 64.1 Å². The highest BCUT2D eigenvalue weighted by Crippen LogP contribution is 2.20. The Hall–Kier alpha value is -1.61. The molecule has 2 N–H and O–H groups in total. The average Bonchev–Trinajstić information content (AvgIpc) is 2.39. The maximum atomic E-state index is 12.1. The molecule has 0 atom stereocenters.